The molecule has 2 rings (SSSR count). The molecule has 0 aliphatic heterocycles. The highest BCUT2D eigenvalue weighted by molar-refractivity contribution is 5.00. The van der Waals surface area contributed by atoms with Crippen LogP contribution in [0.15, 0.2) is 4.52 Å². The van der Waals surface area contributed by atoms with Gasteiger partial charge in [0.05, 0.1) is 0 Å². The number of aliphatic hydroxyl groups excluding tert-OH is 1. The van der Waals surface area contributed by atoms with E-state index in [1.54, 1.807) is 0 Å². The summed E-state index contributed by atoms with van der Waals surface area (Å²) in [5, 5.41) is 13.4. The van der Waals surface area contributed by atoms with Gasteiger partial charge in [0.2, 0.25) is 0 Å². The van der Waals surface area contributed by atoms with Crippen molar-refractivity contribution in [2.75, 3.05) is 6.54 Å². The van der Waals surface area contributed by atoms with Crippen molar-refractivity contribution in [2.24, 2.45) is 11.7 Å². The second-order valence-corrected chi connectivity index (χ2v) is 4.53. The summed E-state index contributed by atoms with van der Waals surface area (Å²) in [5.74, 6) is 2.16. The van der Waals surface area contributed by atoms with Crippen molar-refractivity contribution in [1.82, 2.24) is 10.1 Å². The maximum atomic E-state index is 9.46. The van der Waals surface area contributed by atoms with E-state index >= 15 is 0 Å². The number of nitrogens with zero attached hydrogens (tertiary/aromatic N) is 2. The van der Waals surface area contributed by atoms with E-state index in [0.717, 1.165) is 24.6 Å². The van der Waals surface area contributed by atoms with Crippen LogP contribution in [0.5, 0.6) is 0 Å². The summed E-state index contributed by atoms with van der Waals surface area (Å²) >= 11 is 0. The number of aromatic nitrogens is 2. The number of aliphatic hydroxyl groups is 1. The van der Waals surface area contributed by atoms with Crippen LogP contribution in [-0.2, 0) is 0 Å². The molecule has 1 fully saturated rings. The van der Waals surface area contributed by atoms with Gasteiger partial charge in [0.1, 0.15) is 6.10 Å². The summed E-state index contributed by atoms with van der Waals surface area (Å²) in [4.78, 5) is 4.22. The fourth-order valence-electron chi connectivity index (χ4n) is 2.33. The van der Waals surface area contributed by atoms with Gasteiger partial charge in [-0.3, -0.25) is 0 Å². The molecule has 16 heavy (non-hydrogen) atoms. The van der Waals surface area contributed by atoms with Crippen molar-refractivity contribution in [1.29, 1.82) is 0 Å². The second kappa shape index (κ2) is 4.93. The Kier molecular flexibility index (Phi) is 3.56. The van der Waals surface area contributed by atoms with Crippen molar-refractivity contribution in [3.8, 4) is 0 Å². The molecule has 1 saturated carbocycles. The van der Waals surface area contributed by atoms with Crippen LogP contribution < -0.4 is 5.73 Å². The van der Waals surface area contributed by atoms with E-state index in [-0.39, 0.29) is 12.4 Å². The number of hydrogen-bond donors (Lipinski definition) is 2. The highest BCUT2D eigenvalue weighted by Gasteiger charge is 2.28. The average Bonchev–Trinajstić information content (AvgIpc) is 2.95. The topological polar surface area (TPSA) is 85.2 Å². The van der Waals surface area contributed by atoms with Crippen LogP contribution in [0.3, 0.4) is 0 Å². The molecule has 5 nitrogen and oxygen atoms in total. The van der Waals surface area contributed by atoms with E-state index < -0.39 is 6.10 Å². The predicted octanol–water partition coefficient (Wildman–Crippen LogP) is 1.36. The highest BCUT2D eigenvalue weighted by Crippen LogP contribution is 2.38. The van der Waals surface area contributed by atoms with E-state index in [1.165, 1.54) is 12.8 Å². The highest BCUT2D eigenvalue weighted by atomic mass is 16.5. The standard InChI is InChI=1S/C11H19N3O2/c1-2-7-3-4-8(5-7)10-13-11(16-14-10)9(15)6-12/h7-9,15H,2-6,12H2,1H3. The van der Waals surface area contributed by atoms with E-state index in [0.29, 0.717) is 5.92 Å². The normalized spacial score (nSPS) is 27.2. The lowest BCUT2D eigenvalue weighted by Gasteiger charge is -2.04. The summed E-state index contributed by atoms with van der Waals surface area (Å²) in [6.45, 7) is 2.33. The Hall–Kier alpha value is -0.940. The first kappa shape index (κ1) is 11.5. The van der Waals surface area contributed by atoms with Crippen LogP contribution in [-0.4, -0.2) is 21.8 Å². The zero-order valence-electron chi connectivity index (χ0n) is 9.59. The van der Waals surface area contributed by atoms with Gasteiger partial charge in [0.15, 0.2) is 5.82 Å². The minimum Gasteiger partial charge on any atom is -0.382 e. The van der Waals surface area contributed by atoms with Gasteiger partial charge in [0, 0.05) is 12.5 Å². The zero-order chi connectivity index (χ0) is 11.5. The van der Waals surface area contributed by atoms with Gasteiger partial charge in [-0.25, -0.2) is 0 Å². The van der Waals surface area contributed by atoms with E-state index in [4.69, 9.17) is 10.3 Å². The molecule has 0 aromatic carbocycles. The molecule has 0 saturated heterocycles. The predicted molar refractivity (Wildman–Crippen MR) is 58.7 cm³/mol. The van der Waals surface area contributed by atoms with Crippen molar-refractivity contribution in [2.45, 2.75) is 44.6 Å². The fourth-order valence-corrected chi connectivity index (χ4v) is 2.33. The third kappa shape index (κ3) is 2.25. The summed E-state index contributed by atoms with van der Waals surface area (Å²) in [6, 6.07) is 0. The maximum Gasteiger partial charge on any atom is 0.256 e. The molecule has 0 spiro atoms. The summed E-state index contributed by atoms with van der Waals surface area (Å²) in [5.41, 5.74) is 5.33. The molecule has 0 bridgehead atoms. The first-order chi connectivity index (χ1) is 7.74. The van der Waals surface area contributed by atoms with Crippen molar-refractivity contribution in [3.05, 3.63) is 11.7 Å². The molecular formula is C11H19N3O2. The average molecular weight is 225 g/mol. The van der Waals surface area contributed by atoms with E-state index in [1.807, 2.05) is 0 Å². The van der Waals surface area contributed by atoms with Crippen molar-refractivity contribution < 1.29 is 9.63 Å². The lowest BCUT2D eigenvalue weighted by Crippen LogP contribution is -2.12. The lowest BCUT2D eigenvalue weighted by molar-refractivity contribution is 0.141. The van der Waals surface area contributed by atoms with Gasteiger partial charge in [-0.15, -0.1) is 0 Å². The van der Waals surface area contributed by atoms with Crippen LogP contribution in [0.25, 0.3) is 0 Å². The molecule has 1 aliphatic rings. The molecule has 1 aromatic heterocycles. The van der Waals surface area contributed by atoms with E-state index in [2.05, 4.69) is 17.1 Å². The number of hydrogen-bond acceptors (Lipinski definition) is 5. The van der Waals surface area contributed by atoms with Gasteiger partial charge >= 0.3 is 0 Å². The Bertz CT molecular complexity index is 340. The van der Waals surface area contributed by atoms with Crippen molar-refractivity contribution in [3.63, 3.8) is 0 Å². The third-order valence-corrected chi connectivity index (χ3v) is 3.45. The SMILES string of the molecule is CCC1CCC(c2noc(C(O)CN)n2)C1. The number of nitrogens with two attached hydrogens (primary N) is 1. The second-order valence-electron chi connectivity index (χ2n) is 4.53. The van der Waals surface area contributed by atoms with Crippen LogP contribution in [0, 0.1) is 5.92 Å². The molecule has 0 amide bonds. The van der Waals surface area contributed by atoms with Gasteiger partial charge < -0.3 is 15.4 Å². The number of rotatable bonds is 4. The minimum absolute atomic E-state index is 0.115. The Balaban J connectivity index is 2.02. The molecule has 3 N–H and O–H groups in total. The van der Waals surface area contributed by atoms with Gasteiger partial charge in [0.25, 0.3) is 5.89 Å². The van der Waals surface area contributed by atoms with Crippen LogP contribution in [0.2, 0.25) is 0 Å². The van der Waals surface area contributed by atoms with Crippen LogP contribution >= 0.6 is 0 Å². The Morgan fingerprint density at radius 2 is 2.38 bits per heavy atom. The maximum absolute atomic E-state index is 9.46. The molecule has 5 heteroatoms. The fraction of sp³-hybridized carbons (Fsp3) is 0.818. The van der Waals surface area contributed by atoms with Gasteiger partial charge in [-0.2, -0.15) is 4.98 Å². The first-order valence-corrected chi connectivity index (χ1v) is 5.96. The molecule has 1 aromatic rings. The van der Waals surface area contributed by atoms with E-state index in [9.17, 15) is 5.11 Å². The Labute approximate surface area is 95.0 Å². The summed E-state index contributed by atoms with van der Waals surface area (Å²) in [6.07, 6.45) is 3.88. The van der Waals surface area contributed by atoms with Crippen LogP contribution in [0.4, 0.5) is 0 Å². The smallest absolute Gasteiger partial charge is 0.256 e. The lowest BCUT2D eigenvalue weighted by atomic mass is 10.0. The first-order valence-electron chi connectivity index (χ1n) is 5.96. The largest absolute Gasteiger partial charge is 0.382 e. The summed E-state index contributed by atoms with van der Waals surface area (Å²) in [7, 11) is 0. The van der Waals surface area contributed by atoms with Crippen LogP contribution in [0.1, 0.15) is 56.3 Å². The van der Waals surface area contributed by atoms with Crippen molar-refractivity contribution >= 4 is 0 Å². The Morgan fingerprint density at radius 3 is 3.00 bits per heavy atom. The third-order valence-electron chi connectivity index (χ3n) is 3.45. The molecule has 3 unspecified atom stereocenters. The summed E-state index contributed by atoms with van der Waals surface area (Å²) < 4.78 is 5.01. The molecule has 90 valence electrons. The monoisotopic (exact) mass is 225 g/mol. The molecule has 3 atom stereocenters. The quantitative estimate of drug-likeness (QED) is 0.808. The molecule has 1 heterocycles. The Morgan fingerprint density at radius 1 is 1.56 bits per heavy atom. The minimum atomic E-state index is -0.829. The molecule has 1 aliphatic carbocycles. The molecule has 0 radical (unpaired) electrons. The van der Waals surface area contributed by atoms with Gasteiger partial charge in [-0.1, -0.05) is 18.5 Å². The van der Waals surface area contributed by atoms with Gasteiger partial charge in [-0.05, 0) is 25.2 Å². The molecular weight excluding hydrogens is 206 g/mol. The zero-order valence-corrected chi connectivity index (χ0v) is 9.59.